The van der Waals surface area contributed by atoms with Gasteiger partial charge in [-0.2, -0.15) is 0 Å². The second-order valence-electron chi connectivity index (χ2n) is 12.8. The zero-order valence-corrected chi connectivity index (χ0v) is 29.0. The van der Waals surface area contributed by atoms with Gasteiger partial charge in [0.1, 0.15) is 23.0 Å². The highest BCUT2D eigenvalue weighted by atomic mass is 16.3. The molecule has 0 radical (unpaired) electrons. The van der Waals surface area contributed by atoms with E-state index in [4.69, 9.17) is 0 Å². The lowest BCUT2D eigenvalue weighted by atomic mass is 10.0. The van der Waals surface area contributed by atoms with Crippen LogP contribution in [0.15, 0.2) is 72.8 Å². The zero-order chi connectivity index (χ0) is 33.7. The largest absolute Gasteiger partial charge is 0.508 e. The number of rotatable bonds is 4. The summed E-state index contributed by atoms with van der Waals surface area (Å²) in [7, 11) is 0. The van der Waals surface area contributed by atoms with E-state index in [0.29, 0.717) is 46.7 Å². The molecule has 240 valence electrons. The van der Waals surface area contributed by atoms with Crippen molar-refractivity contribution < 1.29 is 20.4 Å². The van der Waals surface area contributed by atoms with Crippen LogP contribution in [0.3, 0.4) is 0 Å². The lowest BCUT2D eigenvalue weighted by molar-refractivity contribution is 0.464. The van der Waals surface area contributed by atoms with E-state index in [2.05, 4.69) is 67.5 Å². The van der Waals surface area contributed by atoms with Gasteiger partial charge in [0, 0.05) is 0 Å². The van der Waals surface area contributed by atoms with Crippen LogP contribution in [-0.4, -0.2) is 20.4 Å². The maximum absolute atomic E-state index is 9.46. The summed E-state index contributed by atoms with van der Waals surface area (Å²) in [6, 6.07) is 23.3. The van der Waals surface area contributed by atoms with Crippen molar-refractivity contribution in [3.8, 4) is 23.0 Å². The van der Waals surface area contributed by atoms with Crippen LogP contribution < -0.4 is 0 Å². The van der Waals surface area contributed by atoms with E-state index in [0.717, 1.165) is 33.4 Å². The fourth-order valence-corrected chi connectivity index (χ4v) is 4.25. The predicted octanol–water partition coefficient (Wildman–Crippen LogP) is 11.3. The van der Waals surface area contributed by atoms with Gasteiger partial charge in [0.15, 0.2) is 0 Å². The number of aromatic hydroxyl groups is 4. The summed E-state index contributed by atoms with van der Waals surface area (Å²) in [4.78, 5) is 0. The van der Waals surface area contributed by atoms with Crippen LogP contribution in [0.2, 0.25) is 0 Å². The normalized spacial score (nSPS) is 10.5. The summed E-state index contributed by atoms with van der Waals surface area (Å²) >= 11 is 0. The second-order valence-corrected chi connectivity index (χ2v) is 12.8. The van der Waals surface area contributed by atoms with Gasteiger partial charge in [-0.05, 0) is 120 Å². The van der Waals surface area contributed by atoms with Gasteiger partial charge in [0.2, 0.25) is 0 Å². The Labute approximate surface area is 267 Å². The molecule has 44 heavy (non-hydrogen) atoms. The summed E-state index contributed by atoms with van der Waals surface area (Å²) in [6.45, 7) is 24.5. The highest BCUT2D eigenvalue weighted by Crippen LogP contribution is 2.27. The molecule has 4 aromatic rings. The SMILES string of the molecule is Cc1ccc(C(C)C)c(O)c1.Cc1ccc(C(C)C)c(O)c1.Cc1ccc(C(C)C)cc1O.Cc1ccc(C(C)C)cc1O. The quantitative estimate of drug-likeness (QED) is 0.188. The third kappa shape index (κ3) is 12.8. The van der Waals surface area contributed by atoms with E-state index >= 15 is 0 Å². The van der Waals surface area contributed by atoms with Crippen LogP contribution in [0.1, 0.15) is 124 Å². The molecular weight excluding hydrogens is 544 g/mol. The molecule has 0 aliphatic carbocycles. The molecule has 0 heterocycles. The van der Waals surface area contributed by atoms with Crippen molar-refractivity contribution in [2.45, 2.75) is 107 Å². The average molecular weight is 601 g/mol. The Balaban J connectivity index is 0.000000293. The standard InChI is InChI=1S/4C10H14O/c2*1-7(2)9-5-4-8(3)10(11)6-9;2*1-7(2)9-5-4-8(3)6-10(9)11/h4*4-7,11H,1-3H3. The molecule has 0 saturated carbocycles. The highest BCUT2D eigenvalue weighted by Gasteiger charge is 2.05. The Morgan fingerprint density at radius 1 is 0.364 bits per heavy atom. The predicted molar refractivity (Wildman–Crippen MR) is 188 cm³/mol. The van der Waals surface area contributed by atoms with Crippen molar-refractivity contribution >= 4 is 0 Å². The molecule has 0 aliphatic heterocycles. The van der Waals surface area contributed by atoms with Crippen LogP contribution in [0.25, 0.3) is 0 Å². The van der Waals surface area contributed by atoms with Gasteiger partial charge in [-0.3, -0.25) is 0 Å². The maximum atomic E-state index is 9.46. The van der Waals surface area contributed by atoms with E-state index in [1.54, 1.807) is 12.1 Å². The van der Waals surface area contributed by atoms with Gasteiger partial charge >= 0.3 is 0 Å². The smallest absolute Gasteiger partial charge is 0.119 e. The first-order valence-corrected chi connectivity index (χ1v) is 15.6. The van der Waals surface area contributed by atoms with E-state index in [9.17, 15) is 20.4 Å². The van der Waals surface area contributed by atoms with Crippen molar-refractivity contribution in [1.82, 2.24) is 0 Å². The lowest BCUT2D eigenvalue weighted by Crippen LogP contribution is -1.87. The number of hydrogen-bond acceptors (Lipinski definition) is 4. The van der Waals surface area contributed by atoms with Crippen LogP contribution in [0, 0.1) is 27.7 Å². The number of benzene rings is 4. The Morgan fingerprint density at radius 2 is 0.682 bits per heavy atom. The van der Waals surface area contributed by atoms with Crippen LogP contribution in [0.5, 0.6) is 23.0 Å². The average Bonchev–Trinajstić information content (AvgIpc) is 2.92. The Bertz CT molecular complexity index is 1340. The number of aryl methyl sites for hydroxylation is 4. The number of phenols is 4. The molecule has 0 unspecified atom stereocenters. The molecule has 4 N–H and O–H groups in total. The molecule has 0 atom stereocenters. The van der Waals surface area contributed by atoms with Crippen LogP contribution in [-0.2, 0) is 0 Å². The third-order valence-corrected chi connectivity index (χ3v) is 7.42. The molecule has 0 fully saturated rings. The number of phenolic OH excluding ortho intramolecular Hbond substituents is 4. The highest BCUT2D eigenvalue weighted by molar-refractivity contribution is 5.39. The minimum absolute atomic E-state index is 0.399. The minimum atomic E-state index is 0.399. The summed E-state index contributed by atoms with van der Waals surface area (Å²) in [5, 5.41) is 37.6. The van der Waals surface area contributed by atoms with Gasteiger partial charge in [0.05, 0.1) is 0 Å². The third-order valence-electron chi connectivity index (χ3n) is 7.42. The minimum Gasteiger partial charge on any atom is -0.508 e. The first-order chi connectivity index (χ1) is 20.4. The fraction of sp³-hybridized carbons (Fsp3) is 0.400. The molecule has 4 rings (SSSR count). The molecule has 0 bridgehead atoms. The van der Waals surface area contributed by atoms with E-state index < -0.39 is 0 Å². The van der Waals surface area contributed by atoms with E-state index in [1.165, 1.54) is 11.1 Å². The molecule has 0 saturated heterocycles. The first-order valence-electron chi connectivity index (χ1n) is 15.6. The second kappa shape index (κ2) is 18.0. The first kappa shape index (κ1) is 38.1. The van der Waals surface area contributed by atoms with Gasteiger partial charge < -0.3 is 20.4 Å². The van der Waals surface area contributed by atoms with Crippen molar-refractivity contribution in [3.63, 3.8) is 0 Å². The topological polar surface area (TPSA) is 80.9 Å². The Kier molecular flexibility index (Phi) is 15.6. The van der Waals surface area contributed by atoms with Crippen LogP contribution in [0.4, 0.5) is 0 Å². The summed E-state index contributed by atoms with van der Waals surface area (Å²) in [6.07, 6.45) is 0. The molecule has 0 aliphatic rings. The molecule has 4 aromatic carbocycles. The molecule has 4 nitrogen and oxygen atoms in total. The van der Waals surface area contributed by atoms with Crippen molar-refractivity contribution in [2.75, 3.05) is 0 Å². The number of hydrogen-bond donors (Lipinski definition) is 4. The summed E-state index contributed by atoms with van der Waals surface area (Å²) in [5.74, 6) is 3.40. The lowest BCUT2D eigenvalue weighted by Gasteiger charge is -2.07. The van der Waals surface area contributed by atoms with Crippen molar-refractivity contribution in [3.05, 3.63) is 117 Å². The monoisotopic (exact) mass is 600 g/mol. The maximum Gasteiger partial charge on any atom is 0.119 e. The molecule has 4 heteroatoms. The van der Waals surface area contributed by atoms with Crippen molar-refractivity contribution in [2.24, 2.45) is 0 Å². The van der Waals surface area contributed by atoms with Gasteiger partial charge in [-0.15, -0.1) is 0 Å². The molecule has 0 spiro atoms. The molecule has 0 amide bonds. The molecule has 0 aromatic heterocycles. The van der Waals surface area contributed by atoms with Crippen molar-refractivity contribution in [1.29, 1.82) is 0 Å². The van der Waals surface area contributed by atoms with Crippen LogP contribution >= 0.6 is 0 Å². The Morgan fingerprint density at radius 3 is 0.909 bits per heavy atom. The van der Waals surface area contributed by atoms with E-state index in [-0.39, 0.29) is 0 Å². The zero-order valence-electron chi connectivity index (χ0n) is 29.0. The molecular formula is C40H56O4. The van der Waals surface area contributed by atoms with Gasteiger partial charge in [0.25, 0.3) is 0 Å². The Hall–Kier alpha value is -3.92. The van der Waals surface area contributed by atoms with Gasteiger partial charge in [-0.25, -0.2) is 0 Å². The summed E-state index contributed by atoms with van der Waals surface area (Å²) in [5.41, 5.74) is 8.51. The van der Waals surface area contributed by atoms with Gasteiger partial charge in [-0.1, -0.05) is 104 Å². The summed E-state index contributed by atoms with van der Waals surface area (Å²) < 4.78 is 0. The van der Waals surface area contributed by atoms with E-state index in [1.807, 2.05) is 76.2 Å². The fourth-order valence-electron chi connectivity index (χ4n) is 4.25.